The Labute approximate surface area is 337 Å². The number of nitrogens with one attached hydrogen (secondary N) is 2. The normalized spacial score (nSPS) is 12.4. The van der Waals surface area contributed by atoms with Crippen molar-refractivity contribution in [3.05, 3.63) is 187 Å². The third-order valence-corrected chi connectivity index (χ3v) is 11.7. The first kappa shape index (κ1) is 35.0. The lowest BCUT2D eigenvalue weighted by molar-refractivity contribution is 1.34. The van der Waals surface area contributed by atoms with E-state index >= 15 is 0 Å². The topological polar surface area (TPSA) is 44.5 Å². The zero-order chi connectivity index (χ0) is 38.0. The molecule has 0 saturated heterocycles. The number of allylic oxidation sites excluding steroid dienone is 1. The van der Waals surface area contributed by atoms with Crippen molar-refractivity contribution in [1.82, 2.24) is 15.0 Å². The van der Waals surface area contributed by atoms with Crippen LogP contribution < -0.4 is 10.4 Å². The van der Waals surface area contributed by atoms with Crippen molar-refractivity contribution in [2.75, 3.05) is 0 Å². The number of hydrogen-bond acceptors (Lipinski definition) is 1. The number of H-pyrrole nitrogens is 2. The Bertz CT molecular complexity index is 3470. The number of imidazole rings is 1. The Morgan fingerprint density at radius 3 is 1.79 bits per heavy atom. The molecule has 2 aromatic heterocycles. The average molecular weight is 744 g/mol. The van der Waals surface area contributed by atoms with Crippen LogP contribution in [0.4, 0.5) is 0 Å². The third-order valence-electron chi connectivity index (χ3n) is 11.7. The van der Waals surface area contributed by atoms with Crippen molar-refractivity contribution in [2.45, 2.75) is 14.4 Å². The van der Waals surface area contributed by atoms with Crippen LogP contribution in [0.25, 0.3) is 122 Å². The minimum atomic E-state index is 0. The van der Waals surface area contributed by atoms with Gasteiger partial charge >= 0.3 is 0 Å². The van der Waals surface area contributed by atoms with E-state index in [4.69, 9.17) is 4.98 Å². The minimum absolute atomic E-state index is 0. The number of benzene rings is 9. The monoisotopic (exact) mass is 743 g/mol. The van der Waals surface area contributed by atoms with Gasteiger partial charge in [-0.25, -0.2) is 4.98 Å². The molecule has 0 bridgehead atoms. The summed E-state index contributed by atoms with van der Waals surface area (Å²) < 4.78 is 0. The molecule has 11 rings (SSSR count). The van der Waals surface area contributed by atoms with Crippen LogP contribution in [0, 0.1) is 0 Å². The van der Waals surface area contributed by atoms with Gasteiger partial charge in [-0.1, -0.05) is 166 Å². The van der Waals surface area contributed by atoms with Gasteiger partial charge in [-0.05, 0) is 112 Å². The van der Waals surface area contributed by atoms with E-state index in [-0.39, 0.29) is 7.43 Å². The van der Waals surface area contributed by atoms with Gasteiger partial charge in [-0.15, -0.1) is 0 Å². The van der Waals surface area contributed by atoms with Gasteiger partial charge in [0.25, 0.3) is 0 Å². The van der Waals surface area contributed by atoms with Gasteiger partial charge in [-0.3, -0.25) is 0 Å². The SMILES string of the molecule is C.C=C/C=c1/ccc(-c2c3ccccc3c(-c3ccc4c[nH]cc4c3)c3ccc(-c4ccc(-c5nc6c7ccccc7c7ccccc7c6[nH]5)cc4)cc23)c/c1=C/C. The van der Waals surface area contributed by atoms with E-state index in [2.05, 4.69) is 200 Å². The molecule has 11 aromatic rings. The summed E-state index contributed by atoms with van der Waals surface area (Å²) in [6, 6.07) is 55.5. The molecule has 0 atom stereocenters. The summed E-state index contributed by atoms with van der Waals surface area (Å²) in [5, 5.41) is 14.5. The first-order valence-corrected chi connectivity index (χ1v) is 19.5. The molecule has 9 aromatic carbocycles. The van der Waals surface area contributed by atoms with Gasteiger partial charge in [0.05, 0.1) is 11.0 Å². The van der Waals surface area contributed by atoms with E-state index in [9.17, 15) is 0 Å². The summed E-state index contributed by atoms with van der Waals surface area (Å²) in [6.07, 6.45) is 10.3. The van der Waals surface area contributed by atoms with Gasteiger partial charge in [0.2, 0.25) is 0 Å². The fourth-order valence-electron chi connectivity index (χ4n) is 9.03. The molecule has 0 unspecified atom stereocenters. The molecular formula is C55H41N3. The van der Waals surface area contributed by atoms with Crippen LogP contribution in [0.5, 0.6) is 0 Å². The molecule has 0 amide bonds. The maximum Gasteiger partial charge on any atom is 0.138 e. The predicted molar refractivity (Wildman–Crippen MR) is 251 cm³/mol. The van der Waals surface area contributed by atoms with E-state index in [0.29, 0.717) is 0 Å². The van der Waals surface area contributed by atoms with Gasteiger partial charge in [0.1, 0.15) is 5.82 Å². The zero-order valence-electron chi connectivity index (χ0n) is 31.5. The number of aromatic nitrogens is 3. The van der Waals surface area contributed by atoms with Gasteiger partial charge in [-0.2, -0.15) is 0 Å². The molecule has 2 heterocycles. The average Bonchev–Trinajstić information content (AvgIpc) is 3.94. The largest absolute Gasteiger partial charge is 0.366 e. The summed E-state index contributed by atoms with van der Waals surface area (Å²) in [5.74, 6) is 0.870. The fraction of sp³-hybridized carbons (Fsp3) is 0.0364. The Hall–Kier alpha value is -7.49. The van der Waals surface area contributed by atoms with Crippen molar-refractivity contribution in [3.8, 4) is 44.8 Å². The highest BCUT2D eigenvalue weighted by Crippen LogP contribution is 2.45. The summed E-state index contributed by atoms with van der Waals surface area (Å²) in [5.41, 5.74) is 10.3. The van der Waals surface area contributed by atoms with Crippen molar-refractivity contribution >= 4 is 77.0 Å². The molecular weight excluding hydrogens is 703 g/mol. The Kier molecular flexibility index (Phi) is 8.39. The molecule has 0 aliphatic carbocycles. The van der Waals surface area contributed by atoms with E-state index in [1.807, 2.05) is 6.08 Å². The molecule has 0 radical (unpaired) electrons. The molecule has 276 valence electrons. The Balaban J connectivity index is 0.00000408. The summed E-state index contributed by atoms with van der Waals surface area (Å²) in [4.78, 5) is 12.2. The first-order valence-electron chi connectivity index (χ1n) is 19.5. The summed E-state index contributed by atoms with van der Waals surface area (Å²) in [6.45, 7) is 6.07. The highest BCUT2D eigenvalue weighted by Gasteiger charge is 2.19. The van der Waals surface area contributed by atoms with Crippen LogP contribution >= 0.6 is 0 Å². The molecule has 0 aliphatic heterocycles. The summed E-state index contributed by atoms with van der Waals surface area (Å²) in [7, 11) is 0. The van der Waals surface area contributed by atoms with Gasteiger partial charge in [0, 0.05) is 28.7 Å². The number of nitrogens with zero attached hydrogens (tertiary/aromatic N) is 1. The van der Waals surface area contributed by atoms with E-state index in [1.54, 1.807) is 0 Å². The van der Waals surface area contributed by atoms with Crippen molar-refractivity contribution < 1.29 is 0 Å². The number of hydrogen-bond donors (Lipinski definition) is 2. The molecule has 0 spiro atoms. The van der Waals surface area contributed by atoms with E-state index in [0.717, 1.165) is 44.2 Å². The summed E-state index contributed by atoms with van der Waals surface area (Å²) >= 11 is 0. The smallest absolute Gasteiger partial charge is 0.138 e. The Morgan fingerprint density at radius 1 is 0.483 bits per heavy atom. The van der Waals surface area contributed by atoms with Crippen LogP contribution in [0.15, 0.2) is 177 Å². The van der Waals surface area contributed by atoms with E-state index < -0.39 is 0 Å². The quantitative estimate of drug-likeness (QED) is 0.134. The molecule has 3 nitrogen and oxygen atoms in total. The third kappa shape index (κ3) is 5.47. The first-order chi connectivity index (χ1) is 28.2. The second-order valence-corrected chi connectivity index (χ2v) is 14.9. The van der Waals surface area contributed by atoms with Crippen molar-refractivity contribution in [1.29, 1.82) is 0 Å². The zero-order valence-corrected chi connectivity index (χ0v) is 31.5. The van der Waals surface area contributed by atoms with Crippen molar-refractivity contribution in [2.24, 2.45) is 0 Å². The van der Waals surface area contributed by atoms with Crippen LogP contribution in [-0.4, -0.2) is 15.0 Å². The predicted octanol–water partition coefficient (Wildman–Crippen LogP) is 13.7. The lowest BCUT2D eigenvalue weighted by Crippen LogP contribution is -2.23. The second-order valence-electron chi connectivity index (χ2n) is 14.9. The van der Waals surface area contributed by atoms with Crippen molar-refractivity contribution in [3.63, 3.8) is 0 Å². The number of aromatic amines is 2. The standard InChI is InChI=1S/C54H37N3.CH4/c1-3-11-34-20-23-38(28-33(34)4-2)51-45-15-8-7-14-44(45)50(39-24-25-40-31-55-32-41(40)29-39)46-27-26-37(30-49(46)51)35-18-21-36(22-19-35)54-56-52-47-16-9-5-12-42(47)43-13-6-10-17-48(43)53(52)57-54;/h3-32,55H,1H2,2H3,(H,56,57);1H4/b33-4-,34-11-;. The maximum absolute atomic E-state index is 5.20. The van der Waals surface area contributed by atoms with Gasteiger partial charge in [0.15, 0.2) is 0 Å². The highest BCUT2D eigenvalue weighted by molar-refractivity contribution is 6.24. The molecule has 3 heteroatoms. The molecule has 0 saturated carbocycles. The van der Waals surface area contributed by atoms with E-state index in [1.165, 1.54) is 75.9 Å². The molecule has 58 heavy (non-hydrogen) atoms. The van der Waals surface area contributed by atoms with Crippen LogP contribution in [0.1, 0.15) is 14.4 Å². The maximum atomic E-state index is 5.20. The Morgan fingerprint density at radius 2 is 1.05 bits per heavy atom. The lowest BCUT2D eigenvalue weighted by Gasteiger charge is -2.19. The van der Waals surface area contributed by atoms with Crippen LogP contribution in [0.3, 0.4) is 0 Å². The molecule has 0 aliphatic rings. The molecule has 0 fully saturated rings. The number of fused-ring (bicyclic) bond motifs is 9. The van der Waals surface area contributed by atoms with Crippen LogP contribution in [-0.2, 0) is 0 Å². The number of rotatable bonds is 5. The molecule has 2 N–H and O–H groups in total. The van der Waals surface area contributed by atoms with Crippen LogP contribution in [0.2, 0.25) is 0 Å². The second kappa shape index (κ2) is 13.9. The minimum Gasteiger partial charge on any atom is -0.366 e. The van der Waals surface area contributed by atoms with Gasteiger partial charge < -0.3 is 9.97 Å². The lowest BCUT2D eigenvalue weighted by atomic mass is 9.84. The highest BCUT2D eigenvalue weighted by atomic mass is 14.9. The fourth-order valence-corrected chi connectivity index (χ4v) is 9.03.